The van der Waals surface area contributed by atoms with Crippen molar-refractivity contribution in [2.24, 2.45) is 0 Å². The fourth-order valence-electron chi connectivity index (χ4n) is 3.73. The predicted molar refractivity (Wildman–Crippen MR) is 138 cm³/mol. The Balaban J connectivity index is 1.68. The van der Waals surface area contributed by atoms with Gasteiger partial charge in [-0.2, -0.15) is 0 Å². The quantitative estimate of drug-likeness (QED) is 0.354. The fraction of sp³-hybridized carbons (Fsp3) is 0.148. The van der Waals surface area contributed by atoms with Crippen LogP contribution >= 0.6 is 0 Å². The second-order valence-electron chi connectivity index (χ2n) is 7.69. The number of fused-ring (bicyclic) bond motifs is 1. The molecule has 0 bridgehead atoms. The SMILES string of the molecule is CCOc1ccc(NC(=O)CN(c2ccc(OC)cc2)S(=O)(=O)c2cccc3ccccc23)cc1. The van der Waals surface area contributed by atoms with Gasteiger partial charge >= 0.3 is 0 Å². The van der Waals surface area contributed by atoms with Crippen molar-refractivity contribution in [3.63, 3.8) is 0 Å². The standard InChI is InChI=1S/C27H26N2O5S/c1-3-34-24-15-11-21(12-16-24)28-27(30)19-29(22-13-17-23(33-2)18-14-22)35(31,32)26-10-6-8-20-7-4-5-9-25(20)26/h4-18H,3,19H2,1-2H3,(H,28,30). The van der Waals surface area contributed by atoms with Gasteiger partial charge < -0.3 is 14.8 Å². The first kappa shape index (κ1) is 24.1. The van der Waals surface area contributed by atoms with E-state index in [-0.39, 0.29) is 4.90 Å². The van der Waals surface area contributed by atoms with Crippen LogP contribution in [0.4, 0.5) is 11.4 Å². The summed E-state index contributed by atoms with van der Waals surface area (Å²) >= 11 is 0. The van der Waals surface area contributed by atoms with Gasteiger partial charge in [0, 0.05) is 11.1 Å². The number of nitrogens with zero attached hydrogens (tertiary/aromatic N) is 1. The van der Waals surface area contributed by atoms with Crippen molar-refractivity contribution >= 4 is 38.1 Å². The molecule has 0 unspecified atom stereocenters. The molecular formula is C27H26N2O5S. The van der Waals surface area contributed by atoms with Crippen LogP contribution in [0, 0.1) is 0 Å². The highest BCUT2D eigenvalue weighted by molar-refractivity contribution is 7.93. The van der Waals surface area contributed by atoms with Crippen LogP contribution in [-0.2, 0) is 14.8 Å². The molecule has 8 heteroatoms. The van der Waals surface area contributed by atoms with Gasteiger partial charge in [0.2, 0.25) is 5.91 Å². The van der Waals surface area contributed by atoms with E-state index in [9.17, 15) is 13.2 Å². The number of nitrogens with one attached hydrogen (secondary N) is 1. The van der Waals surface area contributed by atoms with E-state index >= 15 is 0 Å². The molecule has 0 aliphatic heterocycles. The van der Waals surface area contributed by atoms with E-state index in [0.717, 1.165) is 9.69 Å². The minimum absolute atomic E-state index is 0.125. The van der Waals surface area contributed by atoms with E-state index in [1.54, 1.807) is 72.8 Å². The fourth-order valence-corrected chi connectivity index (χ4v) is 5.37. The van der Waals surface area contributed by atoms with Crippen molar-refractivity contribution < 1.29 is 22.7 Å². The number of sulfonamides is 1. The molecule has 0 aliphatic carbocycles. The van der Waals surface area contributed by atoms with Gasteiger partial charge in [0.25, 0.3) is 10.0 Å². The largest absolute Gasteiger partial charge is 0.497 e. The number of carbonyl (C=O) groups is 1. The van der Waals surface area contributed by atoms with Crippen molar-refractivity contribution in [1.82, 2.24) is 0 Å². The van der Waals surface area contributed by atoms with E-state index in [0.29, 0.717) is 34.9 Å². The van der Waals surface area contributed by atoms with Crippen LogP contribution in [0.1, 0.15) is 6.92 Å². The summed E-state index contributed by atoms with van der Waals surface area (Å²) in [5.41, 5.74) is 0.885. The molecule has 0 atom stereocenters. The van der Waals surface area contributed by atoms with Crippen molar-refractivity contribution in [2.45, 2.75) is 11.8 Å². The average Bonchev–Trinajstić information content (AvgIpc) is 2.88. The van der Waals surface area contributed by atoms with Crippen LogP contribution in [0.25, 0.3) is 10.8 Å². The average molecular weight is 491 g/mol. The van der Waals surface area contributed by atoms with Crippen LogP contribution in [0.15, 0.2) is 95.9 Å². The topological polar surface area (TPSA) is 84.9 Å². The summed E-state index contributed by atoms with van der Waals surface area (Å²) in [4.78, 5) is 13.1. The first-order valence-corrected chi connectivity index (χ1v) is 12.5. The van der Waals surface area contributed by atoms with Gasteiger partial charge in [-0.15, -0.1) is 0 Å². The van der Waals surface area contributed by atoms with Crippen LogP contribution in [-0.4, -0.2) is 34.6 Å². The monoisotopic (exact) mass is 490 g/mol. The zero-order valence-corrected chi connectivity index (χ0v) is 20.3. The molecule has 180 valence electrons. The first-order valence-electron chi connectivity index (χ1n) is 11.1. The normalized spacial score (nSPS) is 11.1. The number of hydrogen-bond acceptors (Lipinski definition) is 5. The minimum Gasteiger partial charge on any atom is -0.497 e. The molecule has 0 radical (unpaired) electrons. The Labute approximate surface area is 205 Å². The van der Waals surface area contributed by atoms with Gasteiger partial charge in [-0.05, 0) is 66.9 Å². The molecule has 1 N–H and O–H groups in total. The van der Waals surface area contributed by atoms with Crippen LogP contribution < -0.4 is 19.1 Å². The molecule has 4 aromatic carbocycles. The smallest absolute Gasteiger partial charge is 0.265 e. The lowest BCUT2D eigenvalue weighted by Crippen LogP contribution is -2.38. The third kappa shape index (κ3) is 5.38. The molecule has 0 fully saturated rings. The number of hydrogen-bond donors (Lipinski definition) is 1. The molecule has 0 saturated carbocycles. The molecule has 0 spiro atoms. The Bertz CT molecular complexity index is 1410. The van der Waals surface area contributed by atoms with Crippen molar-refractivity contribution in [1.29, 1.82) is 0 Å². The first-order chi connectivity index (χ1) is 16.9. The molecular weight excluding hydrogens is 464 g/mol. The van der Waals surface area contributed by atoms with Gasteiger partial charge in [-0.3, -0.25) is 9.10 Å². The van der Waals surface area contributed by atoms with Crippen molar-refractivity contribution in [3.05, 3.63) is 91.0 Å². The van der Waals surface area contributed by atoms with Gasteiger partial charge in [-0.1, -0.05) is 36.4 Å². The van der Waals surface area contributed by atoms with E-state index in [1.165, 1.54) is 7.11 Å². The maximum Gasteiger partial charge on any atom is 0.265 e. The molecule has 0 saturated heterocycles. The number of ether oxygens (including phenoxy) is 2. The van der Waals surface area contributed by atoms with Gasteiger partial charge in [0.05, 0.1) is 24.3 Å². The van der Waals surface area contributed by atoms with E-state index in [2.05, 4.69) is 5.32 Å². The predicted octanol–water partition coefficient (Wildman–Crippen LogP) is 5.08. The molecule has 0 aliphatic rings. The molecule has 1 amide bonds. The number of methoxy groups -OCH3 is 1. The van der Waals surface area contributed by atoms with Crippen LogP contribution in [0.5, 0.6) is 11.5 Å². The summed E-state index contributed by atoms with van der Waals surface area (Å²) in [5, 5.41) is 4.15. The van der Waals surface area contributed by atoms with E-state index in [4.69, 9.17) is 9.47 Å². The van der Waals surface area contributed by atoms with Gasteiger partial charge in [0.15, 0.2) is 0 Å². The third-order valence-corrected chi connectivity index (χ3v) is 7.25. The Morgan fingerprint density at radius 3 is 2.20 bits per heavy atom. The third-order valence-electron chi connectivity index (χ3n) is 5.41. The number of anilines is 2. The number of rotatable bonds is 9. The van der Waals surface area contributed by atoms with E-state index < -0.39 is 22.5 Å². The van der Waals surface area contributed by atoms with Crippen molar-refractivity contribution in [2.75, 3.05) is 29.9 Å². The second kappa shape index (κ2) is 10.5. The number of amides is 1. The van der Waals surface area contributed by atoms with Crippen LogP contribution in [0.3, 0.4) is 0 Å². The maximum atomic E-state index is 13.9. The Kier molecular flexibility index (Phi) is 7.22. The highest BCUT2D eigenvalue weighted by atomic mass is 32.2. The van der Waals surface area contributed by atoms with E-state index in [1.807, 2.05) is 25.1 Å². The Morgan fingerprint density at radius 2 is 1.51 bits per heavy atom. The minimum atomic E-state index is -4.09. The molecule has 4 rings (SSSR count). The highest BCUT2D eigenvalue weighted by Crippen LogP contribution is 2.30. The van der Waals surface area contributed by atoms with Crippen LogP contribution in [0.2, 0.25) is 0 Å². The lowest BCUT2D eigenvalue weighted by Gasteiger charge is -2.25. The molecule has 4 aromatic rings. The number of carbonyl (C=O) groups excluding carboxylic acids is 1. The Morgan fingerprint density at radius 1 is 0.857 bits per heavy atom. The zero-order chi connectivity index (χ0) is 24.8. The second-order valence-corrected chi connectivity index (χ2v) is 9.52. The summed E-state index contributed by atoms with van der Waals surface area (Å²) in [6, 6.07) is 25.8. The van der Waals surface area contributed by atoms with Gasteiger partial charge in [-0.25, -0.2) is 8.42 Å². The lowest BCUT2D eigenvalue weighted by atomic mass is 10.1. The molecule has 7 nitrogen and oxygen atoms in total. The summed E-state index contributed by atoms with van der Waals surface area (Å²) < 4.78 is 39.5. The summed E-state index contributed by atoms with van der Waals surface area (Å²) in [7, 11) is -2.56. The lowest BCUT2D eigenvalue weighted by molar-refractivity contribution is -0.114. The zero-order valence-electron chi connectivity index (χ0n) is 19.5. The molecule has 0 aromatic heterocycles. The van der Waals surface area contributed by atoms with Gasteiger partial charge in [0.1, 0.15) is 18.0 Å². The molecule has 0 heterocycles. The summed E-state index contributed by atoms with van der Waals surface area (Å²) in [6.45, 7) is 2.01. The summed E-state index contributed by atoms with van der Waals surface area (Å²) in [5.74, 6) is 0.785. The van der Waals surface area contributed by atoms with Crippen molar-refractivity contribution in [3.8, 4) is 11.5 Å². The number of benzene rings is 4. The summed E-state index contributed by atoms with van der Waals surface area (Å²) in [6.07, 6.45) is 0. The Hall–Kier alpha value is -4.04. The highest BCUT2D eigenvalue weighted by Gasteiger charge is 2.29. The molecule has 35 heavy (non-hydrogen) atoms. The maximum absolute atomic E-state index is 13.9.